The summed E-state index contributed by atoms with van der Waals surface area (Å²) in [4.78, 5) is 0. The lowest BCUT2D eigenvalue weighted by Crippen LogP contribution is -0.382. The SMILES string of the molecule is Cl.Cl.Cl.Cl.Cl.Cl.Cl.Cl.Cl.Cl.Cl.Cl.Cl.Cl.Cl.Cl.Cl.Cl.[AlH3].[AlH3].[AlH3]. The molecular weight excluding hydrogens is 719 g/mol. The van der Waals surface area contributed by atoms with Crippen LogP contribution in [0.3, 0.4) is 0 Å². The highest BCUT2D eigenvalue weighted by Gasteiger charge is 0.189. The zero-order chi connectivity index (χ0) is 0. The molecule has 0 aromatic carbocycles. The van der Waals surface area contributed by atoms with Crippen molar-refractivity contribution in [1.82, 2.24) is 0 Å². The van der Waals surface area contributed by atoms with E-state index in [9.17, 15) is 0 Å². The first-order chi connectivity index (χ1) is 0. The molecule has 162 valence electrons. The molecule has 21 heavy (non-hydrogen) atoms. The van der Waals surface area contributed by atoms with E-state index in [4.69, 9.17) is 0 Å². The van der Waals surface area contributed by atoms with E-state index in [1.807, 2.05) is 0 Å². The Morgan fingerprint density at radius 2 is 0.0952 bits per heavy atom. The van der Waals surface area contributed by atoms with Crippen LogP contribution in [0.1, 0.15) is 0 Å². The van der Waals surface area contributed by atoms with Crippen LogP contribution in [0.25, 0.3) is 0 Å². The molecule has 0 N–H and O–H groups in total. The minimum atomic E-state index is 0. The summed E-state index contributed by atoms with van der Waals surface area (Å²) < 4.78 is 0. The van der Waals surface area contributed by atoms with Gasteiger partial charge in [0.1, 0.15) is 0 Å². The van der Waals surface area contributed by atoms with Crippen LogP contribution < -0.4 is 0 Å². The first-order valence-corrected chi connectivity index (χ1v) is 0. The lowest BCUT2D eigenvalue weighted by atomic mass is 27.0. The molecule has 0 aliphatic heterocycles. The minimum absolute atomic E-state index is 0. The van der Waals surface area contributed by atoms with Gasteiger partial charge in [-0.1, -0.05) is 0 Å². The molecule has 0 heterocycles. The zero-order valence-corrected chi connectivity index (χ0v) is 22.0. The quantitative estimate of drug-likeness (QED) is 0.329. The molecule has 21 heteroatoms. The van der Waals surface area contributed by atoms with Crippen LogP contribution in [0.5, 0.6) is 0 Å². The van der Waals surface area contributed by atoms with Crippen molar-refractivity contribution in [2.45, 2.75) is 0 Å². The molecule has 0 saturated heterocycles. The first kappa shape index (κ1) is 430. The van der Waals surface area contributed by atoms with E-state index in [2.05, 4.69) is 0 Å². The van der Waals surface area contributed by atoms with Crippen LogP contribution in [0.2, 0.25) is 0 Å². The predicted octanol–water partition coefficient (Wildman–Crippen LogP) is 4.04. The van der Waals surface area contributed by atoms with Crippen LogP contribution in [-0.4, -0.2) is 52.1 Å². The van der Waals surface area contributed by atoms with E-state index in [1.165, 1.54) is 0 Å². The van der Waals surface area contributed by atoms with E-state index in [-0.39, 0.29) is 275 Å². The van der Waals surface area contributed by atoms with E-state index >= 15 is 0 Å². The molecule has 0 saturated carbocycles. The summed E-state index contributed by atoms with van der Waals surface area (Å²) in [7, 11) is 0. The molecule has 0 amide bonds. The fourth-order valence-corrected chi connectivity index (χ4v) is 0. The number of halogens is 18. The van der Waals surface area contributed by atoms with Gasteiger partial charge >= 0.3 is 0 Å². The topological polar surface area (TPSA) is 0 Å². The third-order valence-electron chi connectivity index (χ3n) is 0. The fourth-order valence-electron chi connectivity index (χ4n) is 0. The maximum absolute atomic E-state index is 0. The number of rotatable bonds is 0. The van der Waals surface area contributed by atoms with Gasteiger partial charge in [0.25, 0.3) is 0 Å². The Balaban J connectivity index is 0. The summed E-state index contributed by atoms with van der Waals surface area (Å²) in [5.41, 5.74) is 0. The molecule has 0 atom stereocenters. The van der Waals surface area contributed by atoms with Gasteiger partial charge in [-0.2, -0.15) is 0 Å². The van der Waals surface area contributed by atoms with E-state index < -0.39 is 0 Å². The molecule has 0 bridgehead atoms. The van der Waals surface area contributed by atoms with Crippen molar-refractivity contribution in [3.05, 3.63) is 0 Å². The lowest BCUT2D eigenvalue weighted by molar-refractivity contribution is 5.75. The molecular formula is H27Al3Cl18. The summed E-state index contributed by atoms with van der Waals surface area (Å²) >= 11 is 0. The largest absolute Gasteiger partial charge is 0.187 e. The van der Waals surface area contributed by atoms with Gasteiger partial charge in [0, 0.05) is 0 Å². The Morgan fingerprint density at radius 3 is 0.0952 bits per heavy atom. The van der Waals surface area contributed by atoms with Gasteiger partial charge in [0.15, 0.2) is 52.1 Å². The molecule has 0 spiro atoms. The molecule has 0 fully saturated rings. The van der Waals surface area contributed by atoms with Crippen molar-refractivity contribution < 1.29 is 0 Å². The Labute approximate surface area is 271 Å². The zero-order valence-electron chi connectivity index (χ0n) is 7.35. The highest BCUT2D eigenvalue weighted by molar-refractivity contribution is 5.87. The summed E-state index contributed by atoms with van der Waals surface area (Å²) in [6.07, 6.45) is 0. The second-order valence-electron chi connectivity index (χ2n) is 0. The summed E-state index contributed by atoms with van der Waals surface area (Å²) in [6.45, 7) is 0. The van der Waals surface area contributed by atoms with Crippen LogP contribution in [-0.2, 0) is 0 Å². The Morgan fingerprint density at radius 1 is 0.0952 bits per heavy atom. The van der Waals surface area contributed by atoms with Crippen molar-refractivity contribution in [2.75, 3.05) is 0 Å². The highest BCUT2D eigenvalue weighted by Crippen LogP contribution is 0.707. The second kappa shape index (κ2) is 385. The normalized spacial score (nSPS) is 0. The molecule has 0 aromatic heterocycles. The molecule has 0 unspecified atom stereocenters. The third kappa shape index (κ3) is 355. The molecule has 0 nitrogen and oxygen atoms in total. The maximum Gasteiger partial charge on any atom is 0.187 e. The van der Waals surface area contributed by atoms with Crippen LogP contribution in [0.4, 0.5) is 0 Å². The van der Waals surface area contributed by atoms with Gasteiger partial charge < -0.3 is 0 Å². The van der Waals surface area contributed by atoms with Gasteiger partial charge in [-0.3, -0.25) is 0 Å². The lowest BCUT2D eigenvalue weighted by Gasteiger charge is -0.148. The van der Waals surface area contributed by atoms with E-state index in [0.717, 1.165) is 0 Å². The summed E-state index contributed by atoms with van der Waals surface area (Å²) in [5, 5.41) is 0. The third-order valence-corrected chi connectivity index (χ3v) is 0. The Hall–Kier alpha value is 6.82. The smallest absolute Gasteiger partial charge is 0.147 e. The van der Waals surface area contributed by atoms with Crippen molar-refractivity contribution in [3.8, 4) is 0 Å². The average molecular weight is 746 g/mol. The number of hydrogen-bond donors (Lipinski definition) is 0. The Bertz CT molecular complexity index is 12.4. The van der Waals surface area contributed by atoms with Gasteiger partial charge in [0.05, 0.1) is 0 Å². The van der Waals surface area contributed by atoms with Crippen molar-refractivity contribution >= 4 is 275 Å². The number of hydrogen-bond acceptors (Lipinski definition) is 0. The molecule has 0 radical (unpaired) electrons. The van der Waals surface area contributed by atoms with Crippen molar-refractivity contribution in [2.24, 2.45) is 0 Å². The van der Waals surface area contributed by atoms with Gasteiger partial charge in [0.2, 0.25) is 0 Å². The fraction of sp³-hybridized carbons (Fsp3) is 0. The van der Waals surface area contributed by atoms with Crippen LogP contribution >= 0.6 is 223 Å². The highest BCUT2D eigenvalue weighted by atomic mass is 35.5. The predicted molar refractivity (Wildman–Crippen MR) is 160 cm³/mol. The summed E-state index contributed by atoms with van der Waals surface area (Å²) in [5.74, 6) is 0. The van der Waals surface area contributed by atoms with Gasteiger partial charge in [-0.15, -0.1) is 223 Å². The van der Waals surface area contributed by atoms with Crippen molar-refractivity contribution in [3.63, 3.8) is 0 Å². The monoisotopic (exact) mass is 738 g/mol. The summed E-state index contributed by atoms with van der Waals surface area (Å²) in [6, 6.07) is 0. The first-order valence-electron chi connectivity index (χ1n) is 0. The average Bonchev–Trinajstić information content (AvgIpc) is 0. The van der Waals surface area contributed by atoms with Crippen LogP contribution in [0.15, 0.2) is 0 Å². The molecule has 0 aromatic rings. The van der Waals surface area contributed by atoms with Crippen molar-refractivity contribution in [1.29, 1.82) is 0 Å². The van der Waals surface area contributed by atoms with Crippen LogP contribution in [0, 0.1) is 0 Å². The van der Waals surface area contributed by atoms with Gasteiger partial charge in [-0.25, -0.2) is 0 Å². The van der Waals surface area contributed by atoms with E-state index in [1.54, 1.807) is 0 Å². The standard InChI is InChI=1S/3Al.18ClH.9H/h;;;18*1H;;;;;;;;;. The minimum Gasteiger partial charge on any atom is -0.147 e. The maximum atomic E-state index is 0. The molecule has 0 rings (SSSR count). The Kier molecular flexibility index (Phi) is 7880. The van der Waals surface area contributed by atoms with Gasteiger partial charge in [-0.05, 0) is 0 Å². The molecule has 0 aliphatic carbocycles. The second-order valence-corrected chi connectivity index (χ2v) is 0. The molecule has 0 aliphatic rings. The van der Waals surface area contributed by atoms with E-state index in [0.29, 0.717) is 0 Å².